The van der Waals surface area contributed by atoms with Gasteiger partial charge in [-0.25, -0.2) is 0 Å². The van der Waals surface area contributed by atoms with E-state index in [9.17, 15) is 19.8 Å². The lowest BCUT2D eigenvalue weighted by atomic mass is 9.32. The molecule has 4 bridgehead atoms. The van der Waals surface area contributed by atoms with Crippen molar-refractivity contribution in [3.8, 4) is 0 Å². The third-order valence-corrected chi connectivity index (χ3v) is 9.74. The first-order valence-electron chi connectivity index (χ1n) is 11.5. The third kappa shape index (κ3) is 2.14. The Morgan fingerprint density at radius 3 is 2.72 bits per heavy atom. The van der Waals surface area contributed by atoms with Gasteiger partial charge < -0.3 is 14.9 Å². The van der Waals surface area contributed by atoms with Crippen molar-refractivity contribution >= 4 is 11.8 Å². The van der Waals surface area contributed by atoms with Crippen molar-refractivity contribution in [1.82, 2.24) is 0 Å². The molecule has 5 nitrogen and oxygen atoms in total. The minimum Gasteiger partial charge on any atom is -0.465 e. The first-order chi connectivity index (χ1) is 13.7. The molecule has 0 radical (unpaired) electrons. The number of allylic oxidation sites excluding steroid dienone is 1. The molecule has 0 aromatic carbocycles. The standard InChI is InChI=1S/C24H34O5/c1-4-6-15(25)17-18-22(3)8-5-9-23(18,21(28)29-12-22)16-11-14-7-10-24(16,20(17)27)19(26)13(14)2/h14-18,20,25,27H,2,4-12H2,1,3H3. The molecule has 2 N–H and O–H groups in total. The predicted octanol–water partition coefficient (Wildman–Crippen LogP) is 3.03. The molecule has 0 aromatic rings. The summed E-state index contributed by atoms with van der Waals surface area (Å²) in [4.78, 5) is 27.1. The Balaban J connectivity index is 1.75. The second-order valence-electron chi connectivity index (χ2n) is 10.9. The predicted molar refractivity (Wildman–Crippen MR) is 107 cm³/mol. The zero-order valence-electron chi connectivity index (χ0n) is 17.7. The van der Waals surface area contributed by atoms with Crippen LogP contribution in [0.15, 0.2) is 12.2 Å². The molecule has 6 rings (SSSR count). The van der Waals surface area contributed by atoms with Gasteiger partial charge in [-0.3, -0.25) is 9.59 Å². The molecule has 6 aliphatic rings. The zero-order chi connectivity index (χ0) is 20.8. The van der Waals surface area contributed by atoms with Crippen LogP contribution in [0.25, 0.3) is 0 Å². The highest BCUT2D eigenvalue weighted by Crippen LogP contribution is 2.74. The van der Waals surface area contributed by atoms with E-state index in [0.717, 1.165) is 32.1 Å². The Kier molecular flexibility index (Phi) is 4.20. The zero-order valence-corrected chi connectivity index (χ0v) is 17.7. The number of cyclic esters (lactones) is 1. The van der Waals surface area contributed by atoms with Crippen LogP contribution in [-0.4, -0.2) is 40.8 Å². The molecule has 1 saturated heterocycles. The maximum atomic E-state index is 13.6. The van der Waals surface area contributed by atoms with Crippen LogP contribution in [-0.2, 0) is 14.3 Å². The van der Waals surface area contributed by atoms with Gasteiger partial charge in [0.1, 0.15) is 0 Å². The highest BCUT2D eigenvalue weighted by molar-refractivity contribution is 6.03. The molecule has 5 saturated carbocycles. The van der Waals surface area contributed by atoms with E-state index in [1.807, 2.05) is 6.92 Å². The van der Waals surface area contributed by atoms with E-state index in [-0.39, 0.29) is 34.9 Å². The van der Waals surface area contributed by atoms with Crippen LogP contribution in [0.5, 0.6) is 0 Å². The topological polar surface area (TPSA) is 83.8 Å². The van der Waals surface area contributed by atoms with Crippen LogP contribution >= 0.6 is 0 Å². The molecule has 5 aliphatic carbocycles. The molecule has 160 valence electrons. The number of esters is 1. The summed E-state index contributed by atoms with van der Waals surface area (Å²) in [5.74, 6) is -0.950. The van der Waals surface area contributed by atoms with Crippen molar-refractivity contribution in [3.05, 3.63) is 12.2 Å². The van der Waals surface area contributed by atoms with E-state index in [0.29, 0.717) is 31.4 Å². The Morgan fingerprint density at radius 1 is 1.24 bits per heavy atom. The van der Waals surface area contributed by atoms with Gasteiger partial charge in [0, 0.05) is 11.3 Å². The van der Waals surface area contributed by atoms with Gasteiger partial charge in [0.05, 0.1) is 29.6 Å². The molecule has 1 aliphatic heterocycles. The van der Waals surface area contributed by atoms with Crippen LogP contribution in [0, 0.1) is 39.9 Å². The van der Waals surface area contributed by atoms with Gasteiger partial charge >= 0.3 is 5.97 Å². The molecule has 9 unspecified atom stereocenters. The van der Waals surface area contributed by atoms with Crippen molar-refractivity contribution in [3.63, 3.8) is 0 Å². The lowest BCUT2D eigenvalue weighted by Gasteiger charge is -2.71. The Labute approximate surface area is 172 Å². The van der Waals surface area contributed by atoms with Crippen LogP contribution in [0.4, 0.5) is 0 Å². The minimum absolute atomic E-state index is 0.0512. The van der Waals surface area contributed by atoms with Gasteiger partial charge in [0.25, 0.3) is 0 Å². The number of carbonyl (C=O) groups excluding carboxylic acids is 2. The average Bonchev–Trinajstić information content (AvgIpc) is 2.70. The van der Waals surface area contributed by atoms with Crippen molar-refractivity contribution in [2.24, 2.45) is 39.9 Å². The number of carbonyl (C=O) groups is 2. The minimum atomic E-state index is -0.990. The van der Waals surface area contributed by atoms with Crippen LogP contribution in [0.1, 0.15) is 65.2 Å². The Hall–Kier alpha value is -1.20. The van der Waals surface area contributed by atoms with Crippen molar-refractivity contribution < 1.29 is 24.5 Å². The van der Waals surface area contributed by atoms with Gasteiger partial charge in [-0.2, -0.15) is 0 Å². The number of ether oxygens (including phenoxy) is 1. The summed E-state index contributed by atoms with van der Waals surface area (Å²) in [6, 6.07) is 0. The van der Waals surface area contributed by atoms with Gasteiger partial charge in [-0.1, -0.05) is 33.3 Å². The largest absolute Gasteiger partial charge is 0.465 e. The number of rotatable bonds is 3. The maximum absolute atomic E-state index is 13.6. The molecule has 0 amide bonds. The van der Waals surface area contributed by atoms with Gasteiger partial charge in [0.15, 0.2) is 5.78 Å². The van der Waals surface area contributed by atoms with Gasteiger partial charge in [-0.15, -0.1) is 0 Å². The summed E-state index contributed by atoms with van der Waals surface area (Å²) in [5.41, 5.74) is -1.40. The smallest absolute Gasteiger partial charge is 0.312 e. The van der Waals surface area contributed by atoms with E-state index < -0.39 is 29.0 Å². The molecule has 0 aromatic heterocycles. The molecule has 1 spiro atoms. The van der Waals surface area contributed by atoms with E-state index in [1.54, 1.807) is 0 Å². The van der Waals surface area contributed by atoms with Crippen molar-refractivity contribution in [2.75, 3.05) is 6.61 Å². The van der Waals surface area contributed by atoms with Crippen molar-refractivity contribution in [2.45, 2.75) is 77.4 Å². The summed E-state index contributed by atoms with van der Waals surface area (Å²) in [7, 11) is 0. The second-order valence-corrected chi connectivity index (χ2v) is 10.9. The normalized spacial score (nSPS) is 51.9. The summed E-state index contributed by atoms with van der Waals surface area (Å²) in [6.07, 6.45) is 4.44. The van der Waals surface area contributed by atoms with E-state index >= 15 is 0 Å². The van der Waals surface area contributed by atoms with Crippen LogP contribution in [0.2, 0.25) is 0 Å². The van der Waals surface area contributed by atoms with Crippen molar-refractivity contribution in [1.29, 1.82) is 0 Å². The van der Waals surface area contributed by atoms with Crippen LogP contribution < -0.4 is 0 Å². The average molecular weight is 403 g/mol. The Bertz CT molecular complexity index is 775. The quantitative estimate of drug-likeness (QED) is 0.560. The number of hydrogen-bond acceptors (Lipinski definition) is 5. The fourth-order valence-electron chi connectivity index (χ4n) is 8.69. The summed E-state index contributed by atoms with van der Waals surface area (Å²) in [6.45, 7) is 8.61. The molecule has 6 fully saturated rings. The first kappa shape index (κ1) is 19.7. The summed E-state index contributed by atoms with van der Waals surface area (Å²) >= 11 is 0. The fourth-order valence-corrected chi connectivity index (χ4v) is 8.69. The lowest BCUT2D eigenvalue weighted by Crippen LogP contribution is -2.76. The summed E-state index contributed by atoms with van der Waals surface area (Å²) < 4.78 is 5.81. The van der Waals surface area contributed by atoms with E-state index in [2.05, 4.69) is 13.5 Å². The fraction of sp³-hybridized carbons (Fsp3) is 0.833. The van der Waals surface area contributed by atoms with Gasteiger partial charge in [-0.05, 0) is 61.9 Å². The Morgan fingerprint density at radius 2 is 2.00 bits per heavy atom. The SMILES string of the molecule is C=C1C(=O)C23CCC1CC2C12CCCC(C)(COC1=O)C2C(C(O)CCC)C3O. The number of Topliss-reactive ketones (excluding diaryl/α,β-unsaturated/α-hetero) is 1. The molecule has 9 atom stereocenters. The maximum Gasteiger partial charge on any atom is 0.312 e. The number of aliphatic hydroxyl groups is 2. The lowest BCUT2D eigenvalue weighted by molar-refractivity contribution is -0.284. The summed E-state index contributed by atoms with van der Waals surface area (Å²) in [5, 5.41) is 23.1. The number of fused-ring (bicyclic) bond motifs is 2. The molecule has 29 heavy (non-hydrogen) atoms. The highest BCUT2D eigenvalue weighted by atomic mass is 16.5. The first-order valence-corrected chi connectivity index (χ1v) is 11.5. The number of hydrogen-bond donors (Lipinski definition) is 2. The third-order valence-electron chi connectivity index (χ3n) is 9.74. The monoisotopic (exact) mass is 402 g/mol. The molecular formula is C24H34O5. The van der Waals surface area contributed by atoms with Gasteiger partial charge in [0.2, 0.25) is 0 Å². The number of ketones is 1. The molecular weight excluding hydrogens is 368 g/mol. The molecule has 5 heteroatoms. The molecule has 1 heterocycles. The van der Waals surface area contributed by atoms with E-state index in [1.165, 1.54) is 0 Å². The van der Waals surface area contributed by atoms with Crippen LogP contribution in [0.3, 0.4) is 0 Å². The number of aliphatic hydroxyl groups excluding tert-OH is 2. The second kappa shape index (κ2) is 6.16. The van der Waals surface area contributed by atoms with E-state index in [4.69, 9.17) is 4.74 Å². The highest BCUT2D eigenvalue weighted by Gasteiger charge is 2.78.